The first kappa shape index (κ1) is 10.2. The molecule has 0 nitrogen and oxygen atoms in total. The number of hydrogen-bond acceptors (Lipinski definition) is 0. The Morgan fingerprint density at radius 2 is 1.33 bits per heavy atom. The Balaban J connectivity index is 2.64. The van der Waals surface area contributed by atoms with Gasteiger partial charge in [-0.15, -0.1) is 12.1 Å². The maximum absolute atomic E-state index is 2.27. The van der Waals surface area contributed by atoms with Crippen LogP contribution in [0.3, 0.4) is 0 Å². The minimum Gasteiger partial charge on any atom is -0.259 e. The topological polar surface area (TPSA) is 0 Å². The minimum absolute atomic E-state index is 0.454. The predicted octanol–water partition coefficient (Wildman–Crippen LogP) is 3.63. The molecule has 0 saturated carbocycles. The number of aryl methyl sites for hydroxylation is 3. The molecule has 2 aromatic rings. The molecule has 2 rings (SSSR count). The summed E-state index contributed by atoms with van der Waals surface area (Å²) in [5.41, 5.74) is 5.60. The Bertz CT molecular complexity index is 449. The van der Waals surface area contributed by atoms with E-state index in [1.807, 2.05) is 0 Å². The third-order valence-corrected chi connectivity index (χ3v) is 2.93. The van der Waals surface area contributed by atoms with Crippen LogP contribution < -0.4 is 0 Å². The van der Waals surface area contributed by atoms with Crippen LogP contribution in [-0.2, 0) is 0 Å². The van der Waals surface area contributed by atoms with Crippen LogP contribution in [0.4, 0.5) is 0 Å². The van der Waals surface area contributed by atoms with E-state index in [-0.39, 0.29) is 0 Å². The van der Waals surface area contributed by atoms with Gasteiger partial charge in [-0.3, -0.25) is 11.9 Å². The van der Waals surface area contributed by atoms with Gasteiger partial charge < -0.3 is 0 Å². The van der Waals surface area contributed by atoms with Crippen LogP contribution in [0.5, 0.6) is 0 Å². The SMILES string of the molecule is Cc1cc(C)c(-[b-]2ccccc2)c(C)c1. The van der Waals surface area contributed by atoms with E-state index in [9.17, 15) is 0 Å². The average Bonchev–Trinajstić information content (AvgIpc) is 2.17. The van der Waals surface area contributed by atoms with Gasteiger partial charge in [0.25, 0.3) is 0 Å². The lowest BCUT2D eigenvalue weighted by Gasteiger charge is -2.20. The lowest BCUT2D eigenvalue weighted by atomic mass is 9.57. The molecule has 0 amide bonds. The Morgan fingerprint density at radius 3 is 1.87 bits per heavy atom. The van der Waals surface area contributed by atoms with Crippen molar-refractivity contribution < 1.29 is 0 Å². The van der Waals surface area contributed by atoms with Crippen LogP contribution in [0.25, 0.3) is 5.46 Å². The molecule has 0 saturated heterocycles. The predicted molar refractivity (Wildman–Crippen MR) is 67.9 cm³/mol. The molecular weight excluding hydrogens is 179 g/mol. The summed E-state index contributed by atoms with van der Waals surface area (Å²) < 4.78 is 0. The second-order valence-corrected chi connectivity index (χ2v) is 4.30. The van der Waals surface area contributed by atoms with Crippen LogP contribution in [0.2, 0.25) is 0 Å². The van der Waals surface area contributed by atoms with Crippen molar-refractivity contribution in [2.75, 3.05) is 0 Å². The van der Waals surface area contributed by atoms with E-state index < -0.39 is 0 Å². The van der Waals surface area contributed by atoms with E-state index in [4.69, 9.17) is 0 Å². The molecule has 1 aromatic carbocycles. The minimum atomic E-state index is 0.454. The molecule has 0 bridgehead atoms. The number of benzene rings is 1. The van der Waals surface area contributed by atoms with Gasteiger partial charge in [-0.25, -0.2) is 5.46 Å². The van der Waals surface area contributed by atoms with Crippen molar-refractivity contribution in [3.05, 3.63) is 58.9 Å². The zero-order valence-corrected chi connectivity index (χ0v) is 9.62. The van der Waals surface area contributed by atoms with Gasteiger partial charge in [0.1, 0.15) is 0 Å². The molecule has 1 aromatic heterocycles. The van der Waals surface area contributed by atoms with Crippen LogP contribution in [0.15, 0.2) is 42.3 Å². The van der Waals surface area contributed by atoms with E-state index >= 15 is 0 Å². The van der Waals surface area contributed by atoms with E-state index in [1.54, 1.807) is 0 Å². The molecule has 0 aliphatic heterocycles. The molecule has 0 N–H and O–H groups in total. The highest BCUT2D eigenvalue weighted by Gasteiger charge is 1.97. The highest BCUT2D eigenvalue weighted by atomic mass is 14.0. The molecule has 1 heteroatoms. The van der Waals surface area contributed by atoms with Gasteiger partial charge in [-0.1, -0.05) is 41.2 Å². The third-order valence-electron chi connectivity index (χ3n) is 2.93. The van der Waals surface area contributed by atoms with Crippen molar-refractivity contribution in [3.8, 4) is 5.46 Å². The fourth-order valence-corrected chi connectivity index (χ4v) is 2.41. The smallest absolute Gasteiger partial charge is 0.0398 e. The maximum atomic E-state index is 2.27. The standard InChI is InChI=1S/C14H16B/c1-11-9-12(2)14(13(3)10-11)15-7-5-4-6-8-15/h4-10H,1-3H3/q-1. The average molecular weight is 195 g/mol. The summed E-state index contributed by atoms with van der Waals surface area (Å²) in [6, 6.07) is 10.9. The quantitative estimate of drug-likeness (QED) is 0.651. The van der Waals surface area contributed by atoms with Crippen molar-refractivity contribution in [1.29, 1.82) is 0 Å². The lowest BCUT2D eigenvalue weighted by Crippen LogP contribution is -2.01. The monoisotopic (exact) mass is 195 g/mol. The summed E-state index contributed by atoms with van der Waals surface area (Å²) in [5, 5.41) is 0. The summed E-state index contributed by atoms with van der Waals surface area (Å²) in [7, 11) is 0. The zero-order valence-electron chi connectivity index (χ0n) is 9.62. The third kappa shape index (κ3) is 2.01. The summed E-state index contributed by atoms with van der Waals surface area (Å²) in [4.78, 5) is 0. The number of rotatable bonds is 1. The van der Waals surface area contributed by atoms with Gasteiger partial charge in [0.05, 0.1) is 0 Å². The van der Waals surface area contributed by atoms with Gasteiger partial charge in [0, 0.05) is 0 Å². The Kier molecular flexibility index (Phi) is 2.72. The van der Waals surface area contributed by atoms with Crippen LogP contribution >= 0.6 is 0 Å². The second kappa shape index (κ2) is 4.02. The van der Waals surface area contributed by atoms with Crippen molar-refractivity contribution in [1.82, 2.24) is 0 Å². The first-order valence-corrected chi connectivity index (χ1v) is 5.44. The first-order chi connectivity index (χ1) is 7.18. The van der Waals surface area contributed by atoms with Crippen LogP contribution in [-0.4, -0.2) is 6.34 Å². The molecule has 0 fully saturated rings. The van der Waals surface area contributed by atoms with Crippen LogP contribution in [0.1, 0.15) is 16.7 Å². The van der Waals surface area contributed by atoms with E-state index in [0.717, 1.165) is 0 Å². The highest BCUT2D eigenvalue weighted by Crippen LogP contribution is 2.19. The Hall–Kier alpha value is -1.37. The second-order valence-electron chi connectivity index (χ2n) is 4.30. The van der Waals surface area contributed by atoms with Gasteiger partial charge in [-0.05, 0) is 20.8 Å². The molecule has 0 aliphatic rings. The zero-order chi connectivity index (χ0) is 10.8. The van der Waals surface area contributed by atoms with Crippen molar-refractivity contribution >= 4 is 6.34 Å². The highest BCUT2D eigenvalue weighted by molar-refractivity contribution is 6.64. The molecule has 0 spiro atoms. The first-order valence-electron chi connectivity index (χ1n) is 5.44. The van der Waals surface area contributed by atoms with Crippen LogP contribution in [0, 0.1) is 20.8 Å². The van der Waals surface area contributed by atoms with E-state index in [0.29, 0.717) is 6.34 Å². The van der Waals surface area contributed by atoms with Crippen molar-refractivity contribution in [3.63, 3.8) is 0 Å². The molecule has 15 heavy (non-hydrogen) atoms. The molecule has 1 heterocycles. The summed E-state index contributed by atoms with van der Waals surface area (Å²) in [6.07, 6.45) is 0.454. The fraction of sp³-hybridized carbons (Fsp3) is 0.214. The Labute approximate surface area is 92.0 Å². The summed E-state index contributed by atoms with van der Waals surface area (Å²) >= 11 is 0. The van der Waals surface area contributed by atoms with Gasteiger partial charge in [-0.2, -0.15) is 0 Å². The molecular formula is C14H16B-. The van der Waals surface area contributed by atoms with Gasteiger partial charge in [0.2, 0.25) is 0 Å². The molecule has 0 unspecified atom stereocenters. The molecule has 76 valence electrons. The molecule has 0 aliphatic carbocycles. The molecule has 0 atom stereocenters. The van der Waals surface area contributed by atoms with E-state index in [1.165, 1.54) is 22.2 Å². The van der Waals surface area contributed by atoms with Gasteiger partial charge >= 0.3 is 0 Å². The fourth-order valence-electron chi connectivity index (χ4n) is 2.41. The maximum Gasteiger partial charge on any atom is -0.0398 e. The lowest BCUT2D eigenvalue weighted by molar-refractivity contribution is 1.34. The Morgan fingerprint density at radius 1 is 0.800 bits per heavy atom. The molecule has 0 radical (unpaired) electrons. The largest absolute Gasteiger partial charge is 0.259 e. The normalized spacial score (nSPS) is 10.3. The summed E-state index contributed by atoms with van der Waals surface area (Å²) in [5.74, 6) is 4.51. The van der Waals surface area contributed by atoms with E-state index in [2.05, 4.69) is 63.0 Å². The number of hydrogen-bond donors (Lipinski definition) is 0. The van der Waals surface area contributed by atoms with Gasteiger partial charge in [0.15, 0.2) is 0 Å². The van der Waals surface area contributed by atoms with Crippen molar-refractivity contribution in [2.24, 2.45) is 0 Å². The summed E-state index contributed by atoms with van der Waals surface area (Å²) in [6.45, 7) is 6.56. The van der Waals surface area contributed by atoms with Crippen molar-refractivity contribution in [2.45, 2.75) is 20.8 Å².